The van der Waals surface area contributed by atoms with Crippen molar-refractivity contribution in [3.63, 3.8) is 0 Å². The second-order valence-electron chi connectivity index (χ2n) is 10.4. The smallest absolute Gasteiger partial charge is 0.166 e. The van der Waals surface area contributed by atoms with E-state index in [9.17, 15) is 15.0 Å². The molecule has 1 unspecified atom stereocenters. The first-order chi connectivity index (χ1) is 11.7. The molecule has 25 heavy (non-hydrogen) atoms. The van der Waals surface area contributed by atoms with E-state index in [1.165, 1.54) is 0 Å². The molecule has 4 saturated carbocycles. The molecule has 140 valence electrons. The van der Waals surface area contributed by atoms with Crippen LogP contribution in [0.15, 0.2) is 0 Å². The van der Waals surface area contributed by atoms with E-state index >= 15 is 0 Å². The van der Waals surface area contributed by atoms with Crippen LogP contribution in [0.25, 0.3) is 0 Å². The number of fused-ring (bicyclic) bond motifs is 3. The van der Waals surface area contributed by atoms with Gasteiger partial charge in [0, 0.05) is 24.2 Å². The highest BCUT2D eigenvalue weighted by Gasteiger charge is 2.76. The van der Waals surface area contributed by atoms with Gasteiger partial charge in [-0.05, 0) is 68.6 Å². The minimum Gasteiger partial charge on any atom is -0.390 e. The molecule has 4 heteroatoms. The molecule has 9 atom stereocenters. The minimum atomic E-state index is -1.05. The molecule has 0 amide bonds. The summed E-state index contributed by atoms with van der Waals surface area (Å²) in [4.78, 5) is 12.3. The maximum Gasteiger partial charge on any atom is 0.166 e. The van der Waals surface area contributed by atoms with Crippen molar-refractivity contribution in [2.45, 2.75) is 89.6 Å². The van der Waals surface area contributed by atoms with Gasteiger partial charge in [-0.15, -0.1) is 0 Å². The standard InChI is InChI=1S/C21H32O4/c1-12(22)14-6-7-15-16-5-4-13-10-20(24)9-8-19(13,3)21(16,25-20)17(23)11-18(14,15)2/h13-17,23-24H,4-11H2,1-3H3/t13?,14-,15+,16+,17-,18-,19+,20+,21-/m1/s1. The summed E-state index contributed by atoms with van der Waals surface area (Å²) in [5.74, 6) is 0.426. The van der Waals surface area contributed by atoms with Gasteiger partial charge < -0.3 is 14.9 Å². The molecule has 0 radical (unpaired) electrons. The summed E-state index contributed by atoms with van der Waals surface area (Å²) in [6.45, 7) is 6.26. The molecule has 0 aromatic heterocycles. The summed E-state index contributed by atoms with van der Waals surface area (Å²) >= 11 is 0. The molecule has 0 aromatic rings. The van der Waals surface area contributed by atoms with E-state index in [1.807, 2.05) is 0 Å². The highest BCUT2D eigenvalue weighted by Crippen LogP contribution is 2.74. The zero-order valence-corrected chi connectivity index (χ0v) is 15.8. The Bertz CT molecular complexity index is 633. The van der Waals surface area contributed by atoms with Gasteiger partial charge in [-0.2, -0.15) is 0 Å². The number of hydrogen-bond donors (Lipinski definition) is 2. The number of carbonyl (C=O) groups is 1. The first-order valence-corrected chi connectivity index (χ1v) is 10.3. The second kappa shape index (κ2) is 4.69. The van der Waals surface area contributed by atoms with Gasteiger partial charge in [0.1, 0.15) is 11.4 Å². The summed E-state index contributed by atoms with van der Waals surface area (Å²) in [7, 11) is 0. The van der Waals surface area contributed by atoms with Crippen molar-refractivity contribution in [3.8, 4) is 0 Å². The summed E-state index contributed by atoms with van der Waals surface area (Å²) in [6, 6.07) is 0. The Morgan fingerprint density at radius 2 is 1.76 bits per heavy atom. The molecule has 6 aliphatic rings. The number of ether oxygens (including phenoxy) is 1. The Morgan fingerprint density at radius 3 is 2.48 bits per heavy atom. The quantitative estimate of drug-likeness (QED) is 0.764. The minimum absolute atomic E-state index is 0.0462. The van der Waals surface area contributed by atoms with Crippen molar-refractivity contribution < 1.29 is 19.7 Å². The van der Waals surface area contributed by atoms with Crippen LogP contribution in [-0.2, 0) is 9.53 Å². The van der Waals surface area contributed by atoms with Crippen molar-refractivity contribution in [3.05, 3.63) is 0 Å². The molecular formula is C21H32O4. The molecule has 1 spiro atoms. The predicted octanol–water partition coefficient (Wildman–Crippen LogP) is 3.05. The summed E-state index contributed by atoms with van der Waals surface area (Å²) in [6.07, 6.45) is 6.61. The average molecular weight is 348 g/mol. The Labute approximate surface area is 150 Å². The van der Waals surface area contributed by atoms with E-state index in [0.29, 0.717) is 24.7 Å². The molecule has 4 aliphatic carbocycles. The van der Waals surface area contributed by atoms with Crippen LogP contribution in [0.2, 0.25) is 0 Å². The third-order valence-electron chi connectivity index (χ3n) is 9.64. The fourth-order valence-corrected chi connectivity index (χ4v) is 8.57. The van der Waals surface area contributed by atoms with E-state index < -0.39 is 17.5 Å². The molecular weight excluding hydrogens is 316 g/mol. The molecule has 6 rings (SSSR count). The fourth-order valence-electron chi connectivity index (χ4n) is 8.57. The van der Waals surface area contributed by atoms with Crippen molar-refractivity contribution in [1.29, 1.82) is 0 Å². The molecule has 2 N–H and O–H groups in total. The predicted molar refractivity (Wildman–Crippen MR) is 92.6 cm³/mol. The van der Waals surface area contributed by atoms with Crippen molar-refractivity contribution in [1.82, 2.24) is 0 Å². The van der Waals surface area contributed by atoms with E-state index in [4.69, 9.17) is 4.74 Å². The maximum atomic E-state index is 12.3. The van der Waals surface area contributed by atoms with Gasteiger partial charge >= 0.3 is 0 Å². The zero-order valence-electron chi connectivity index (χ0n) is 15.8. The lowest BCUT2D eigenvalue weighted by Crippen LogP contribution is -2.78. The Balaban J connectivity index is 1.63. The largest absolute Gasteiger partial charge is 0.390 e. The van der Waals surface area contributed by atoms with Gasteiger partial charge in [0.2, 0.25) is 0 Å². The van der Waals surface area contributed by atoms with E-state index in [1.54, 1.807) is 6.92 Å². The number of rotatable bonds is 1. The van der Waals surface area contributed by atoms with Gasteiger partial charge in [0.25, 0.3) is 0 Å². The normalized spacial score (nSPS) is 62.4. The van der Waals surface area contributed by atoms with Crippen LogP contribution in [0.1, 0.15) is 72.1 Å². The molecule has 4 nitrogen and oxygen atoms in total. The molecule has 0 aromatic carbocycles. The van der Waals surface area contributed by atoms with E-state index in [2.05, 4.69) is 13.8 Å². The lowest BCUT2D eigenvalue weighted by Gasteiger charge is -2.74. The number of aliphatic hydroxyl groups excluding tert-OH is 1. The molecule has 4 bridgehead atoms. The highest BCUT2D eigenvalue weighted by molar-refractivity contribution is 5.79. The van der Waals surface area contributed by atoms with Crippen LogP contribution in [0.5, 0.6) is 0 Å². The van der Waals surface area contributed by atoms with Crippen molar-refractivity contribution in [2.75, 3.05) is 0 Å². The number of carbonyl (C=O) groups excluding carboxylic acids is 1. The average Bonchev–Trinajstić information content (AvgIpc) is 2.85. The number of aliphatic hydroxyl groups is 2. The highest BCUT2D eigenvalue weighted by atomic mass is 16.7. The van der Waals surface area contributed by atoms with Crippen LogP contribution in [0, 0.1) is 34.5 Å². The SMILES string of the molecule is CC(=O)[C@H]1CC[C@H]2[C@@H]3CCC4C[C@]5(O)CC[C@]4(C)[C@]3(O5)[C@H](O)C[C@]12C. The second-order valence-corrected chi connectivity index (χ2v) is 10.4. The van der Waals surface area contributed by atoms with Gasteiger partial charge in [-0.1, -0.05) is 13.8 Å². The van der Waals surface area contributed by atoms with E-state index in [0.717, 1.165) is 38.5 Å². The third-order valence-corrected chi connectivity index (χ3v) is 9.64. The summed E-state index contributed by atoms with van der Waals surface area (Å²) in [5, 5.41) is 22.5. The molecule has 6 fully saturated rings. The van der Waals surface area contributed by atoms with Crippen molar-refractivity contribution in [2.24, 2.45) is 34.5 Å². The van der Waals surface area contributed by atoms with Crippen molar-refractivity contribution >= 4 is 5.78 Å². The number of Topliss-reactive ketones (excluding diaryl/α,β-unsaturated/α-hetero) is 1. The molecule has 2 saturated heterocycles. The Morgan fingerprint density at radius 1 is 1.04 bits per heavy atom. The lowest BCUT2D eigenvalue weighted by atomic mass is 9.39. The first-order valence-electron chi connectivity index (χ1n) is 10.3. The van der Waals surface area contributed by atoms with Gasteiger partial charge in [0.15, 0.2) is 5.79 Å². The zero-order chi connectivity index (χ0) is 17.8. The number of ketones is 1. The topological polar surface area (TPSA) is 66.8 Å². The third kappa shape index (κ3) is 1.73. The van der Waals surface area contributed by atoms with E-state index in [-0.39, 0.29) is 28.4 Å². The maximum absolute atomic E-state index is 12.3. The van der Waals surface area contributed by atoms with Gasteiger partial charge in [-0.25, -0.2) is 0 Å². The monoisotopic (exact) mass is 348 g/mol. The fraction of sp³-hybridized carbons (Fsp3) is 0.952. The van der Waals surface area contributed by atoms with Gasteiger partial charge in [-0.3, -0.25) is 4.79 Å². The van der Waals surface area contributed by atoms with Crippen LogP contribution < -0.4 is 0 Å². The Kier molecular flexibility index (Phi) is 3.13. The molecule has 2 aliphatic heterocycles. The first kappa shape index (κ1) is 16.7. The summed E-state index contributed by atoms with van der Waals surface area (Å²) < 4.78 is 6.52. The summed E-state index contributed by atoms with van der Waals surface area (Å²) in [5.41, 5.74) is -0.778. The van der Waals surface area contributed by atoms with Crippen LogP contribution in [0.3, 0.4) is 0 Å². The van der Waals surface area contributed by atoms with Crippen LogP contribution >= 0.6 is 0 Å². The molecule has 2 heterocycles. The van der Waals surface area contributed by atoms with Crippen LogP contribution in [-0.4, -0.2) is 33.5 Å². The number of hydrogen-bond acceptors (Lipinski definition) is 4. The Hall–Kier alpha value is -0.450. The lowest BCUT2D eigenvalue weighted by molar-refractivity contribution is -0.436. The van der Waals surface area contributed by atoms with Gasteiger partial charge in [0.05, 0.1) is 6.10 Å². The van der Waals surface area contributed by atoms with Crippen LogP contribution in [0.4, 0.5) is 0 Å².